The van der Waals surface area contributed by atoms with E-state index in [9.17, 15) is 5.21 Å². The fourth-order valence-corrected chi connectivity index (χ4v) is 1.21. The van der Waals surface area contributed by atoms with Crippen molar-refractivity contribution in [2.24, 2.45) is 0 Å². The first kappa shape index (κ1) is 13.8. The monoisotopic (exact) mass is 206 g/mol. The lowest BCUT2D eigenvalue weighted by Gasteiger charge is -2.23. The van der Waals surface area contributed by atoms with Crippen LogP contribution < -0.4 is 5.32 Å². The van der Waals surface area contributed by atoms with Gasteiger partial charge in [-0.2, -0.15) is 5.06 Å². The molecule has 86 valence electrons. The summed E-state index contributed by atoms with van der Waals surface area (Å²) in [4.78, 5) is 0. The van der Waals surface area contributed by atoms with Crippen LogP contribution in [0.2, 0.25) is 0 Å². The molecule has 0 saturated carbocycles. The molecule has 0 amide bonds. The van der Waals surface area contributed by atoms with Crippen LogP contribution in [0, 0.1) is 0 Å². The zero-order chi connectivity index (χ0) is 10.8. The second-order valence-electron chi connectivity index (χ2n) is 3.34. The first-order chi connectivity index (χ1) is 6.72. The minimum Gasteiger partial charge on any atom is -0.396 e. The zero-order valence-corrected chi connectivity index (χ0v) is 8.82. The third-order valence-electron chi connectivity index (χ3n) is 2.05. The standard InChI is InChI=1S/C9H22N2O3/c1-11(14)9(5-4-8-13)10-6-2-3-7-12/h9-10,12-14H,2-8H2,1H3. The van der Waals surface area contributed by atoms with Gasteiger partial charge in [-0.05, 0) is 32.2 Å². The van der Waals surface area contributed by atoms with Crippen molar-refractivity contribution in [3.8, 4) is 0 Å². The zero-order valence-electron chi connectivity index (χ0n) is 8.82. The first-order valence-corrected chi connectivity index (χ1v) is 5.09. The van der Waals surface area contributed by atoms with Crippen LogP contribution in [0.4, 0.5) is 0 Å². The van der Waals surface area contributed by atoms with E-state index in [1.54, 1.807) is 7.05 Å². The maximum absolute atomic E-state index is 9.24. The van der Waals surface area contributed by atoms with Gasteiger partial charge in [-0.25, -0.2) is 0 Å². The predicted octanol–water partition coefficient (Wildman–Crippen LogP) is -0.232. The second-order valence-corrected chi connectivity index (χ2v) is 3.34. The van der Waals surface area contributed by atoms with Gasteiger partial charge in [0.05, 0.1) is 6.17 Å². The molecule has 0 rings (SSSR count). The van der Waals surface area contributed by atoms with Crippen molar-refractivity contribution < 1.29 is 15.4 Å². The van der Waals surface area contributed by atoms with Crippen LogP contribution in [0.25, 0.3) is 0 Å². The van der Waals surface area contributed by atoms with E-state index < -0.39 is 0 Å². The Hall–Kier alpha value is -0.200. The quantitative estimate of drug-likeness (QED) is 0.238. The molecule has 0 radical (unpaired) electrons. The van der Waals surface area contributed by atoms with E-state index in [4.69, 9.17) is 10.2 Å². The molecular formula is C9H22N2O3. The summed E-state index contributed by atoms with van der Waals surface area (Å²) in [5, 5.41) is 30.7. The van der Waals surface area contributed by atoms with Crippen molar-refractivity contribution in [3.05, 3.63) is 0 Å². The Balaban J connectivity index is 3.52. The van der Waals surface area contributed by atoms with Gasteiger partial charge in [0.1, 0.15) is 0 Å². The lowest BCUT2D eigenvalue weighted by Crippen LogP contribution is -2.42. The molecule has 0 fully saturated rings. The average molecular weight is 206 g/mol. The van der Waals surface area contributed by atoms with Crippen LogP contribution in [-0.4, -0.2) is 53.5 Å². The van der Waals surface area contributed by atoms with Crippen LogP contribution in [-0.2, 0) is 0 Å². The largest absolute Gasteiger partial charge is 0.396 e. The molecule has 5 heteroatoms. The van der Waals surface area contributed by atoms with E-state index in [2.05, 4.69) is 5.32 Å². The number of aliphatic hydroxyl groups excluding tert-OH is 2. The third kappa shape index (κ3) is 7.23. The molecule has 4 N–H and O–H groups in total. The number of nitrogens with zero attached hydrogens (tertiary/aromatic N) is 1. The van der Waals surface area contributed by atoms with Crippen molar-refractivity contribution >= 4 is 0 Å². The Morgan fingerprint density at radius 1 is 1.14 bits per heavy atom. The number of rotatable bonds is 9. The number of nitrogens with one attached hydrogen (secondary N) is 1. The summed E-state index contributed by atoms with van der Waals surface area (Å²) in [6, 6.07) is 0. The molecule has 1 atom stereocenters. The fraction of sp³-hybridized carbons (Fsp3) is 1.00. The third-order valence-corrected chi connectivity index (χ3v) is 2.05. The van der Waals surface area contributed by atoms with Crippen molar-refractivity contribution in [3.63, 3.8) is 0 Å². The van der Waals surface area contributed by atoms with Crippen molar-refractivity contribution in [1.29, 1.82) is 0 Å². The molecule has 0 aromatic carbocycles. The normalized spacial score (nSPS) is 13.5. The van der Waals surface area contributed by atoms with Gasteiger partial charge in [0.2, 0.25) is 0 Å². The molecular weight excluding hydrogens is 184 g/mol. The smallest absolute Gasteiger partial charge is 0.0838 e. The Bertz CT molecular complexity index is 123. The Labute approximate surface area is 85.3 Å². The summed E-state index contributed by atoms with van der Waals surface area (Å²) in [6.07, 6.45) is 2.93. The van der Waals surface area contributed by atoms with Crippen LogP contribution in [0.5, 0.6) is 0 Å². The molecule has 0 spiro atoms. The van der Waals surface area contributed by atoms with Crippen molar-refractivity contribution in [2.45, 2.75) is 31.8 Å². The number of hydrogen-bond acceptors (Lipinski definition) is 5. The molecule has 0 aliphatic rings. The number of hydrogen-bond donors (Lipinski definition) is 4. The summed E-state index contributed by atoms with van der Waals surface area (Å²) in [6.45, 7) is 1.11. The summed E-state index contributed by atoms with van der Waals surface area (Å²) in [7, 11) is 1.58. The topological polar surface area (TPSA) is 76.0 Å². The summed E-state index contributed by atoms with van der Waals surface area (Å²) < 4.78 is 0. The fourth-order valence-electron chi connectivity index (χ4n) is 1.21. The Morgan fingerprint density at radius 3 is 2.29 bits per heavy atom. The number of hydroxylamine groups is 2. The van der Waals surface area contributed by atoms with Crippen LogP contribution in [0.15, 0.2) is 0 Å². The van der Waals surface area contributed by atoms with E-state index >= 15 is 0 Å². The number of unbranched alkanes of at least 4 members (excludes halogenated alkanes) is 1. The van der Waals surface area contributed by atoms with Gasteiger partial charge in [0.15, 0.2) is 0 Å². The number of aliphatic hydroxyl groups is 2. The molecule has 0 aromatic heterocycles. The van der Waals surface area contributed by atoms with Gasteiger partial charge in [-0.1, -0.05) is 0 Å². The van der Waals surface area contributed by atoms with Crippen molar-refractivity contribution in [2.75, 3.05) is 26.8 Å². The van der Waals surface area contributed by atoms with Gasteiger partial charge in [-0.15, -0.1) is 0 Å². The highest BCUT2D eigenvalue weighted by Crippen LogP contribution is 1.99. The highest BCUT2D eigenvalue weighted by atomic mass is 16.5. The van der Waals surface area contributed by atoms with Crippen LogP contribution >= 0.6 is 0 Å². The molecule has 0 saturated heterocycles. The summed E-state index contributed by atoms with van der Waals surface area (Å²) >= 11 is 0. The van der Waals surface area contributed by atoms with E-state index in [0.29, 0.717) is 12.8 Å². The van der Waals surface area contributed by atoms with E-state index in [0.717, 1.165) is 24.4 Å². The maximum Gasteiger partial charge on any atom is 0.0838 e. The van der Waals surface area contributed by atoms with Crippen LogP contribution in [0.3, 0.4) is 0 Å². The molecule has 0 bridgehead atoms. The summed E-state index contributed by atoms with van der Waals surface area (Å²) in [5.41, 5.74) is 0. The average Bonchev–Trinajstić information content (AvgIpc) is 2.16. The lowest BCUT2D eigenvalue weighted by molar-refractivity contribution is -0.115. The molecule has 1 unspecified atom stereocenters. The van der Waals surface area contributed by atoms with Gasteiger partial charge in [-0.3, -0.25) is 5.32 Å². The minimum atomic E-state index is -0.110. The highest BCUT2D eigenvalue weighted by molar-refractivity contribution is 4.61. The predicted molar refractivity (Wildman–Crippen MR) is 54.0 cm³/mol. The summed E-state index contributed by atoms with van der Waals surface area (Å²) in [5.74, 6) is 0. The van der Waals surface area contributed by atoms with E-state index in [1.807, 2.05) is 0 Å². The van der Waals surface area contributed by atoms with Gasteiger partial charge < -0.3 is 15.4 Å². The van der Waals surface area contributed by atoms with Gasteiger partial charge >= 0.3 is 0 Å². The Morgan fingerprint density at radius 2 is 1.79 bits per heavy atom. The van der Waals surface area contributed by atoms with Crippen LogP contribution in [0.1, 0.15) is 25.7 Å². The van der Waals surface area contributed by atoms with E-state index in [-0.39, 0.29) is 19.4 Å². The molecule has 0 aromatic rings. The van der Waals surface area contributed by atoms with Crippen molar-refractivity contribution in [1.82, 2.24) is 10.4 Å². The minimum absolute atomic E-state index is 0.110. The highest BCUT2D eigenvalue weighted by Gasteiger charge is 2.10. The first-order valence-electron chi connectivity index (χ1n) is 5.09. The lowest BCUT2D eigenvalue weighted by atomic mass is 10.2. The molecule has 14 heavy (non-hydrogen) atoms. The maximum atomic E-state index is 9.24. The molecule has 5 nitrogen and oxygen atoms in total. The van der Waals surface area contributed by atoms with Gasteiger partial charge in [0, 0.05) is 20.3 Å². The SMILES string of the molecule is CN(O)C(CCCO)NCCCCO. The molecule has 0 heterocycles. The van der Waals surface area contributed by atoms with E-state index in [1.165, 1.54) is 0 Å². The molecule has 0 aliphatic heterocycles. The second kappa shape index (κ2) is 9.36. The molecule has 0 aliphatic carbocycles. The Kier molecular flexibility index (Phi) is 9.23. The van der Waals surface area contributed by atoms with Gasteiger partial charge in [0.25, 0.3) is 0 Å².